The molecule has 2 aromatic rings. The molecule has 1 unspecified atom stereocenters. The summed E-state index contributed by atoms with van der Waals surface area (Å²) in [5.41, 5.74) is 9.59. The molecule has 2 N–H and O–H groups in total. The van der Waals surface area contributed by atoms with Crippen molar-refractivity contribution in [2.24, 2.45) is 5.73 Å². The summed E-state index contributed by atoms with van der Waals surface area (Å²) < 4.78 is 6.55. The van der Waals surface area contributed by atoms with Crippen LogP contribution in [0.4, 0.5) is 0 Å². The Kier molecular flexibility index (Phi) is 4.71. The van der Waals surface area contributed by atoms with Gasteiger partial charge in [0.15, 0.2) is 0 Å². The molecular weight excluding hydrogens is 373 g/mol. The minimum absolute atomic E-state index is 0.250. The Balaban J connectivity index is 2.52. The smallest absolute Gasteiger partial charge is 0.124 e. The van der Waals surface area contributed by atoms with Gasteiger partial charge in [-0.1, -0.05) is 29.8 Å². The lowest BCUT2D eigenvalue weighted by Crippen LogP contribution is -2.15. The number of methoxy groups -OCH3 is 1. The van der Waals surface area contributed by atoms with Gasteiger partial charge < -0.3 is 10.5 Å². The van der Waals surface area contributed by atoms with E-state index in [9.17, 15) is 0 Å². The van der Waals surface area contributed by atoms with Gasteiger partial charge in [0.1, 0.15) is 5.75 Å². The van der Waals surface area contributed by atoms with Crippen LogP contribution in [0.2, 0.25) is 5.02 Å². The van der Waals surface area contributed by atoms with Gasteiger partial charge in [-0.05, 0) is 58.8 Å². The predicted molar refractivity (Wildman–Crippen MR) is 87.9 cm³/mol. The van der Waals surface area contributed by atoms with Crippen LogP contribution in [0.3, 0.4) is 0 Å². The zero-order valence-electron chi connectivity index (χ0n) is 10.8. The van der Waals surface area contributed by atoms with E-state index in [2.05, 4.69) is 35.6 Å². The maximum Gasteiger partial charge on any atom is 0.124 e. The van der Waals surface area contributed by atoms with E-state index in [1.807, 2.05) is 24.3 Å². The van der Waals surface area contributed by atoms with E-state index in [1.165, 1.54) is 9.13 Å². The molecule has 0 aliphatic carbocycles. The largest absolute Gasteiger partial charge is 0.496 e. The molecule has 2 nitrogen and oxygen atoms in total. The fourth-order valence-corrected chi connectivity index (χ4v) is 2.90. The summed E-state index contributed by atoms with van der Waals surface area (Å²) in [5, 5.41) is 0.661. The second kappa shape index (κ2) is 6.11. The highest BCUT2D eigenvalue weighted by Crippen LogP contribution is 2.33. The van der Waals surface area contributed by atoms with Crippen molar-refractivity contribution >= 4 is 34.2 Å². The number of benzene rings is 2. The van der Waals surface area contributed by atoms with E-state index in [0.717, 1.165) is 16.9 Å². The minimum atomic E-state index is -0.250. The standard InChI is InChI=1S/C15H15ClINO/c1-9-4-3-5-11(14(9)17)15(18)12-8-10(16)6-7-13(12)19-2/h3-8,15H,18H2,1-2H3. The SMILES string of the molecule is COc1ccc(Cl)cc1C(N)c1cccc(C)c1I. The Bertz CT molecular complexity index is 601. The number of ether oxygens (including phenoxy) is 1. The number of rotatable bonds is 3. The third-order valence-electron chi connectivity index (χ3n) is 3.08. The Hall–Kier alpha value is -0.780. The van der Waals surface area contributed by atoms with Gasteiger partial charge >= 0.3 is 0 Å². The molecule has 19 heavy (non-hydrogen) atoms. The maximum absolute atomic E-state index is 6.39. The second-order valence-electron chi connectivity index (χ2n) is 4.34. The number of halogens is 2. The molecular formula is C15H15ClINO. The monoisotopic (exact) mass is 387 g/mol. The molecule has 0 spiro atoms. The van der Waals surface area contributed by atoms with Gasteiger partial charge in [0.05, 0.1) is 13.2 Å². The van der Waals surface area contributed by atoms with Crippen molar-refractivity contribution in [3.05, 3.63) is 61.7 Å². The van der Waals surface area contributed by atoms with Crippen molar-refractivity contribution in [2.75, 3.05) is 7.11 Å². The first kappa shape index (κ1) is 14.6. The first-order chi connectivity index (χ1) is 9.04. The normalized spacial score (nSPS) is 12.3. The molecule has 4 heteroatoms. The summed E-state index contributed by atoms with van der Waals surface area (Å²) in [6, 6.07) is 11.4. The third kappa shape index (κ3) is 3.04. The molecule has 2 aromatic carbocycles. The van der Waals surface area contributed by atoms with E-state index in [0.29, 0.717) is 5.02 Å². The van der Waals surface area contributed by atoms with Gasteiger partial charge in [0.25, 0.3) is 0 Å². The predicted octanol–water partition coefficient (Wildman–Crippen LogP) is 4.31. The van der Waals surface area contributed by atoms with Gasteiger partial charge in [-0.15, -0.1) is 0 Å². The summed E-state index contributed by atoms with van der Waals surface area (Å²) in [7, 11) is 1.64. The quantitative estimate of drug-likeness (QED) is 0.797. The Morgan fingerprint density at radius 1 is 1.21 bits per heavy atom. The fourth-order valence-electron chi connectivity index (χ4n) is 2.03. The average Bonchev–Trinajstić information content (AvgIpc) is 2.41. The van der Waals surface area contributed by atoms with E-state index in [4.69, 9.17) is 22.1 Å². The van der Waals surface area contributed by atoms with Crippen LogP contribution in [0.1, 0.15) is 22.7 Å². The van der Waals surface area contributed by atoms with Crippen LogP contribution in [0.25, 0.3) is 0 Å². The fraction of sp³-hybridized carbons (Fsp3) is 0.200. The van der Waals surface area contributed by atoms with Crippen LogP contribution in [-0.4, -0.2) is 7.11 Å². The molecule has 0 saturated heterocycles. The van der Waals surface area contributed by atoms with Crippen molar-refractivity contribution in [1.29, 1.82) is 0 Å². The van der Waals surface area contributed by atoms with Crippen molar-refractivity contribution < 1.29 is 4.74 Å². The van der Waals surface area contributed by atoms with Gasteiger partial charge in [-0.3, -0.25) is 0 Å². The highest BCUT2D eigenvalue weighted by molar-refractivity contribution is 14.1. The van der Waals surface area contributed by atoms with Crippen molar-refractivity contribution in [2.45, 2.75) is 13.0 Å². The number of hydrogen-bond acceptors (Lipinski definition) is 2. The van der Waals surface area contributed by atoms with Crippen molar-refractivity contribution in [3.63, 3.8) is 0 Å². The molecule has 0 aliphatic heterocycles. The second-order valence-corrected chi connectivity index (χ2v) is 5.86. The number of nitrogens with two attached hydrogens (primary N) is 1. The van der Waals surface area contributed by atoms with Crippen molar-refractivity contribution in [3.8, 4) is 5.75 Å². The lowest BCUT2D eigenvalue weighted by Gasteiger charge is -2.18. The molecule has 0 aliphatic rings. The van der Waals surface area contributed by atoms with Crippen LogP contribution in [-0.2, 0) is 0 Å². The van der Waals surface area contributed by atoms with Crippen LogP contribution in [0.15, 0.2) is 36.4 Å². The third-order valence-corrected chi connectivity index (χ3v) is 4.79. The lowest BCUT2D eigenvalue weighted by atomic mass is 9.97. The van der Waals surface area contributed by atoms with Gasteiger partial charge in [-0.2, -0.15) is 0 Å². The van der Waals surface area contributed by atoms with Crippen LogP contribution >= 0.6 is 34.2 Å². The van der Waals surface area contributed by atoms with Gasteiger partial charge in [0.2, 0.25) is 0 Å². The Morgan fingerprint density at radius 2 is 1.95 bits per heavy atom. The minimum Gasteiger partial charge on any atom is -0.496 e. The maximum atomic E-state index is 6.39. The summed E-state index contributed by atoms with van der Waals surface area (Å²) in [6.07, 6.45) is 0. The lowest BCUT2D eigenvalue weighted by molar-refractivity contribution is 0.408. The average molecular weight is 388 g/mol. The summed E-state index contributed by atoms with van der Waals surface area (Å²) in [6.45, 7) is 2.08. The molecule has 2 rings (SSSR count). The molecule has 1 atom stereocenters. The molecule has 0 amide bonds. The Morgan fingerprint density at radius 3 is 2.63 bits per heavy atom. The summed E-state index contributed by atoms with van der Waals surface area (Å²) in [5.74, 6) is 0.759. The first-order valence-corrected chi connectivity index (χ1v) is 7.34. The molecule has 0 bridgehead atoms. The van der Waals surface area contributed by atoms with Gasteiger partial charge in [0, 0.05) is 14.2 Å². The highest BCUT2D eigenvalue weighted by atomic mass is 127. The molecule has 0 fully saturated rings. The molecule has 0 aromatic heterocycles. The summed E-state index contributed by atoms with van der Waals surface area (Å²) >= 11 is 8.39. The first-order valence-electron chi connectivity index (χ1n) is 5.88. The van der Waals surface area contributed by atoms with E-state index in [1.54, 1.807) is 13.2 Å². The van der Waals surface area contributed by atoms with Crippen LogP contribution in [0, 0.1) is 10.5 Å². The number of aryl methyl sites for hydroxylation is 1. The molecule has 100 valence electrons. The number of hydrogen-bond donors (Lipinski definition) is 1. The molecule has 0 heterocycles. The van der Waals surface area contributed by atoms with Crippen molar-refractivity contribution in [1.82, 2.24) is 0 Å². The van der Waals surface area contributed by atoms with Crippen LogP contribution in [0.5, 0.6) is 5.75 Å². The van der Waals surface area contributed by atoms with E-state index in [-0.39, 0.29) is 6.04 Å². The molecule has 0 saturated carbocycles. The Labute approximate surface area is 132 Å². The van der Waals surface area contributed by atoms with Gasteiger partial charge in [-0.25, -0.2) is 0 Å². The van der Waals surface area contributed by atoms with Crippen LogP contribution < -0.4 is 10.5 Å². The van der Waals surface area contributed by atoms with E-state index < -0.39 is 0 Å². The van der Waals surface area contributed by atoms with E-state index >= 15 is 0 Å². The zero-order chi connectivity index (χ0) is 14.0. The topological polar surface area (TPSA) is 35.2 Å². The zero-order valence-corrected chi connectivity index (χ0v) is 13.7. The highest BCUT2D eigenvalue weighted by Gasteiger charge is 2.17. The summed E-state index contributed by atoms with van der Waals surface area (Å²) in [4.78, 5) is 0. The molecule has 0 radical (unpaired) electrons.